The van der Waals surface area contributed by atoms with Crippen molar-refractivity contribution in [2.45, 2.75) is 13.8 Å². The Bertz CT molecular complexity index is 1160. The van der Waals surface area contributed by atoms with E-state index >= 15 is 0 Å². The second kappa shape index (κ2) is 8.01. The van der Waals surface area contributed by atoms with Crippen molar-refractivity contribution < 1.29 is 13.9 Å². The van der Waals surface area contributed by atoms with E-state index in [2.05, 4.69) is 4.98 Å². The zero-order valence-electron chi connectivity index (χ0n) is 16.1. The van der Waals surface area contributed by atoms with Crippen LogP contribution >= 0.6 is 11.3 Å². The zero-order chi connectivity index (χ0) is 20.4. The number of carbonyl (C=O) groups is 1. The van der Waals surface area contributed by atoms with Gasteiger partial charge in [0, 0.05) is 0 Å². The minimum absolute atomic E-state index is 0.0473. The number of nitrogens with zero attached hydrogens (tertiary/aromatic N) is 2. The van der Waals surface area contributed by atoms with Crippen LogP contribution in [-0.4, -0.2) is 17.5 Å². The van der Waals surface area contributed by atoms with E-state index in [-0.39, 0.29) is 18.3 Å². The van der Waals surface area contributed by atoms with E-state index < -0.39 is 5.82 Å². The molecule has 0 unspecified atom stereocenters. The lowest BCUT2D eigenvalue weighted by molar-refractivity contribution is -0.119. The number of fused-ring (bicyclic) bond motifs is 1. The van der Waals surface area contributed by atoms with Crippen LogP contribution in [0.15, 0.2) is 66.7 Å². The quantitative estimate of drug-likeness (QED) is 0.421. The molecule has 0 fully saturated rings. The number of halogens is 1. The largest absolute Gasteiger partial charge is 0.481 e. The first-order valence-electron chi connectivity index (χ1n) is 9.16. The van der Waals surface area contributed by atoms with Gasteiger partial charge in [0.2, 0.25) is 0 Å². The second-order valence-corrected chi connectivity index (χ2v) is 7.64. The number of anilines is 2. The third-order valence-corrected chi connectivity index (χ3v) is 5.75. The summed E-state index contributed by atoms with van der Waals surface area (Å²) in [5.41, 5.74) is 3.61. The summed E-state index contributed by atoms with van der Waals surface area (Å²) in [5.74, 6) is -0.773. The van der Waals surface area contributed by atoms with Gasteiger partial charge in [-0.1, -0.05) is 47.7 Å². The molecule has 4 nitrogen and oxygen atoms in total. The lowest BCUT2D eigenvalue weighted by Gasteiger charge is -2.23. The van der Waals surface area contributed by atoms with Crippen molar-refractivity contribution in [3.63, 3.8) is 0 Å². The van der Waals surface area contributed by atoms with Crippen LogP contribution in [0.25, 0.3) is 10.2 Å². The first-order chi connectivity index (χ1) is 14.0. The van der Waals surface area contributed by atoms with E-state index in [1.165, 1.54) is 23.5 Å². The van der Waals surface area contributed by atoms with Crippen molar-refractivity contribution in [3.8, 4) is 5.75 Å². The van der Waals surface area contributed by atoms with Crippen molar-refractivity contribution in [2.24, 2.45) is 0 Å². The van der Waals surface area contributed by atoms with Crippen molar-refractivity contribution in [3.05, 3.63) is 83.7 Å². The number of thiazole rings is 1. The van der Waals surface area contributed by atoms with Crippen LogP contribution in [0, 0.1) is 19.7 Å². The number of benzene rings is 3. The molecule has 1 aromatic heterocycles. The molecular weight excluding hydrogens is 387 g/mol. The minimum atomic E-state index is -0.501. The molecule has 0 N–H and O–H groups in total. The molecule has 3 aromatic carbocycles. The molecule has 29 heavy (non-hydrogen) atoms. The van der Waals surface area contributed by atoms with Crippen LogP contribution in [0.3, 0.4) is 0 Å². The predicted molar refractivity (Wildman–Crippen MR) is 115 cm³/mol. The highest BCUT2D eigenvalue weighted by Gasteiger charge is 2.24. The molecule has 4 aromatic rings. The van der Waals surface area contributed by atoms with E-state index in [1.54, 1.807) is 17.0 Å². The summed E-state index contributed by atoms with van der Waals surface area (Å²) < 4.78 is 20.3. The summed E-state index contributed by atoms with van der Waals surface area (Å²) in [6.07, 6.45) is 0. The molecule has 6 heteroatoms. The maximum Gasteiger partial charge on any atom is 0.271 e. The fraction of sp³-hybridized carbons (Fsp3) is 0.130. The summed E-state index contributed by atoms with van der Waals surface area (Å²) in [6, 6.07) is 19.6. The first kappa shape index (κ1) is 19.1. The fourth-order valence-electron chi connectivity index (χ4n) is 3.04. The van der Waals surface area contributed by atoms with Gasteiger partial charge in [0.25, 0.3) is 5.91 Å². The van der Waals surface area contributed by atoms with E-state index in [1.807, 2.05) is 56.3 Å². The van der Waals surface area contributed by atoms with Crippen LogP contribution in [0.5, 0.6) is 5.75 Å². The van der Waals surface area contributed by atoms with Gasteiger partial charge in [0.05, 0.1) is 15.9 Å². The van der Waals surface area contributed by atoms with Crippen LogP contribution in [0.4, 0.5) is 15.2 Å². The Morgan fingerprint density at radius 3 is 2.59 bits per heavy atom. The highest BCUT2D eigenvalue weighted by molar-refractivity contribution is 7.22. The maximum absolute atomic E-state index is 13.9. The van der Waals surface area contributed by atoms with Crippen LogP contribution in [0.1, 0.15) is 11.1 Å². The van der Waals surface area contributed by atoms with Crippen molar-refractivity contribution in [2.75, 3.05) is 11.5 Å². The van der Waals surface area contributed by atoms with Gasteiger partial charge in [-0.15, -0.1) is 0 Å². The zero-order valence-corrected chi connectivity index (χ0v) is 16.9. The molecule has 0 spiro atoms. The van der Waals surface area contributed by atoms with Crippen molar-refractivity contribution in [1.82, 2.24) is 4.98 Å². The van der Waals surface area contributed by atoms with Gasteiger partial charge in [0.1, 0.15) is 0 Å². The number of hydrogen-bond donors (Lipinski definition) is 0. The molecule has 4 rings (SSSR count). The Morgan fingerprint density at radius 1 is 1.03 bits per heavy atom. The Kier molecular flexibility index (Phi) is 5.27. The maximum atomic E-state index is 13.9. The van der Waals surface area contributed by atoms with E-state index in [0.717, 1.165) is 27.0 Å². The number of hydrogen-bond acceptors (Lipinski definition) is 4. The molecule has 0 saturated carbocycles. The summed E-state index contributed by atoms with van der Waals surface area (Å²) >= 11 is 1.43. The van der Waals surface area contributed by atoms with Gasteiger partial charge >= 0.3 is 0 Å². The lowest BCUT2D eigenvalue weighted by atomic mass is 10.1. The summed E-state index contributed by atoms with van der Waals surface area (Å²) in [4.78, 5) is 19.4. The summed E-state index contributed by atoms with van der Waals surface area (Å²) in [5, 5.41) is 0.557. The molecule has 146 valence electrons. The number of carbonyl (C=O) groups excluding carboxylic acids is 1. The Balaban J connectivity index is 1.72. The molecule has 0 aliphatic heterocycles. The highest BCUT2D eigenvalue weighted by atomic mass is 32.1. The van der Waals surface area contributed by atoms with Crippen LogP contribution in [-0.2, 0) is 4.79 Å². The third-order valence-electron chi connectivity index (χ3n) is 4.73. The second-order valence-electron chi connectivity index (χ2n) is 6.63. The van der Waals surface area contributed by atoms with Crippen molar-refractivity contribution in [1.29, 1.82) is 0 Å². The van der Waals surface area contributed by atoms with E-state index in [4.69, 9.17) is 4.74 Å². The molecule has 0 aliphatic carbocycles. The molecule has 0 aliphatic rings. The number of para-hydroxylation sites is 2. The SMILES string of the molecule is Cc1cccc(N(C(=O)COc2ccccc2F)c2nc3ccccc3s2)c1C. The first-order valence-corrected chi connectivity index (χ1v) is 9.98. The molecular formula is C23H19FN2O2S. The number of ether oxygens (including phenoxy) is 1. The smallest absolute Gasteiger partial charge is 0.271 e. The lowest BCUT2D eigenvalue weighted by Crippen LogP contribution is -2.31. The summed E-state index contributed by atoms with van der Waals surface area (Å²) in [6.45, 7) is 3.66. The highest BCUT2D eigenvalue weighted by Crippen LogP contribution is 2.35. The monoisotopic (exact) mass is 406 g/mol. The minimum Gasteiger partial charge on any atom is -0.481 e. The number of amides is 1. The number of aryl methyl sites for hydroxylation is 1. The van der Waals surface area contributed by atoms with Gasteiger partial charge in [-0.2, -0.15) is 0 Å². The number of aromatic nitrogens is 1. The predicted octanol–water partition coefficient (Wildman–Crippen LogP) is 5.80. The van der Waals surface area contributed by atoms with Crippen molar-refractivity contribution >= 4 is 38.3 Å². The van der Waals surface area contributed by atoms with Gasteiger partial charge in [-0.3, -0.25) is 9.69 Å². The average molecular weight is 406 g/mol. The Labute approximate surface area is 172 Å². The molecule has 0 radical (unpaired) electrons. The van der Waals surface area contributed by atoms with Gasteiger partial charge < -0.3 is 4.74 Å². The molecule has 0 atom stereocenters. The van der Waals surface area contributed by atoms with Gasteiger partial charge in [-0.05, 0) is 55.3 Å². The normalized spacial score (nSPS) is 10.9. The van der Waals surface area contributed by atoms with Crippen LogP contribution in [0.2, 0.25) is 0 Å². The average Bonchev–Trinajstić information content (AvgIpc) is 3.14. The standard InChI is InChI=1S/C23H19FN2O2S/c1-15-8-7-11-19(16(15)2)26(23-25-18-10-4-6-13-21(18)29-23)22(27)14-28-20-12-5-3-9-17(20)24/h3-13H,14H2,1-2H3. The molecule has 0 bridgehead atoms. The van der Waals surface area contributed by atoms with Crippen LogP contribution < -0.4 is 9.64 Å². The van der Waals surface area contributed by atoms with Gasteiger partial charge in [-0.25, -0.2) is 9.37 Å². The molecule has 0 saturated heterocycles. The Morgan fingerprint density at radius 2 is 1.79 bits per heavy atom. The molecule has 1 heterocycles. The van der Waals surface area contributed by atoms with E-state index in [0.29, 0.717) is 5.13 Å². The van der Waals surface area contributed by atoms with E-state index in [9.17, 15) is 9.18 Å². The molecule has 1 amide bonds. The number of rotatable bonds is 5. The van der Waals surface area contributed by atoms with Gasteiger partial charge in [0.15, 0.2) is 23.3 Å². The topological polar surface area (TPSA) is 42.4 Å². The third kappa shape index (κ3) is 3.84. The fourth-order valence-corrected chi connectivity index (χ4v) is 4.04. The Hall–Kier alpha value is -3.25. The summed E-state index contributed by atoms with van der Waals surface area (Å²) in [7, 11) is 0.